The first kappa shape index (κ1) is 12.2. The van der Waals surface area contributed by atoms with Crippen LogP contribution < -0.4 is 5.73 Å². The highest BCUT2D eigenvalue weighted by atomic mass is 79.9. The monoisotopic (exact) mass is 295 g/mol. The van der Waals surface area contributed by atoms with Crippen LogP contribution >= 0.6 is 15.9 Å². The molecule has 0 aliphatic rings. The molecule has 0 aliphatic carbocycles. The molecule has 0 radical (unpaired) electrons. The summed E-state index contributed by atoms with van der Waals surface area (Å²) in [5.74, 6) is 0. The number of nitrogens with zero attached hydrogens (tertiary/aromatic N) is 4. The number of hydrogen-bond acceptors (Lipinski definition) is 4. The molecule has 5 nitrogen and oxygen atoms in total. The quantitative estimate of drug-likeness (QED) is 0.930. The first-order valence-corrected chi connectivity index (χ1v) is 6.17. The van der Waals surface area contributed by atoms with Crippen molar-refractivity contribution in [2.75, 3.05) is 0 Å². The Labute approximate surface area is 108 Å². The lowest BCUT2D eigenvalue weighted by Crippen LogP contribution is -2.16. The van der Waals surface area contributed by atoms with Gasteiger partial charge in [-0.2, -0.15) is 0 Å². The van der Waals surface area contributed by atoms with Gasteiger partial charge in [-0.15, -0.1) is 5.10 Å². The third-order valence-corrected chi connectivity index (χ3v) is 3.24. The van der Waals surface area contributed by atoms with Crippen molar-refractivity contribution in [3.05, 3.63) is 40.4 Å². The van der Waals surface area contributed by atoms with Crippen molar-refractivity contribution in [2.45, 2.75) is 18.9 Å². The molecular formula is C11H14BrN5. The fourth-order valence-electron chi connectivity index (χ4n) is 1.74. The molecule has 90 valence electrons. The molecule has 0 spiro atoms. The molecule has 2 heterocycles. The lowest BCUT2D eigenvalue weighted by Gasteiger charge is -2.11. The Hall–Kier alpha value is -1.27. The third kappa shape index (κ3) is 2.89. The van der Waals surface area contributed by atoms with Crippen molar-refractivity contribution in [1.82, 2.24) is 20.0 Å². The first-order valence-electron chi connectivity index (χ1n) is 5.38. The summed E-state index contributed by atoms with van der Waals surface area (Å²) in [6, 6.07) is 3.93. The topological polar surface area (TPSA) is 69.6 Å². The largest absolute Gasteiger partial charge is 0.323 e. The highest BCUT2D eigenvalue weighted by molar-refractivity contribution is 9.10. The van der Waals surface area contributed by atoms with Gasteiger partial charge in [0.05, 0.1) is 5.69 Å². The molecular weight excluding hydrogens is 282 g/mol. The van der Waals surface area contributed by atoms with Gasteiger partial charge in [-0.3, -0.25) is 4.98 Å². The molecule has 2 aromatic rings. The summed E-state index contributed by atoms with van der Waals surface area (Å²) in [4.78, 5) is 3.99. The zero-order chi connectivity index (χ0) is 12.3. The number of halogens is 1. The number of nitrogens with two attached hydrogens (primary N) is 1. The standard InChI is InChI=1S/C11H14BrN5/c1-17-10(11(12)15-16-17)9(13)3-2-8-4-6-14-7-5-8/h4-7,9H,2-3,13H2,1H3. The molecule has 0 amide bonds. The van der Waals surface area contributed by atoms with Crippen molar-refractivity contribution >= 4 is 15.9 Å². The maximum atomic E-state index is 6.14. The van der Waals surface area contributed by atoms with E-state index in [0.717, 1.165) is 23.1 Å². The molecule has 0 aliphatic heterocycles. The van der Waals surface area contributed by atoms with Gasteiger partial charge >= 0.3 is 0 Å². The van der Waals surface area contributed by atoms with Gasteiger partial charge in [0.15, 0.2) is 4.60 Å². The number of rotatable bonds is 4. The van der Waals surface area contributed by atoms with Gasteiger partial charge in [-0.1, -0.05) is 5.21 Å². The fourth-order valence-corrected chi connectivity index (χ4v) is 2.36. The summed E-state index contributed by atoms with van der Waals surface area (Å²) < 4.78 is 2.43. The average Bonchev–Trinajstić information content (AvgIpc) is 2.67. The summed E-state index contributed by atoms with van der Waals surface area (Å²) >= 11 is 3.36. The summed E-state index contributed by atoms with van der Waals surface area (Å²) in [7, 11) is 1.85. The Balaban J connectivity index is 2.01. The van der Waals surface area contributed by atoms with Crippen LogP contribution in [-0.4, -0.2) is 20.0 Å². The van der Waals surface area contributed by atoms with Crippen molar-refractivity contribution < 1.29 is 0 Å². The van der Waals surface area contributed by atoms with Crippen LogP contribution in [0.15, 0.2) is 29.1 Å². The minimum absolute atomic E-state index is 0.0717. The van der Waals surface area contributed by atoms with E-state index in [4.69, 9.17) is 5.73 Å². The number of hydrogen-bond donors (Lipinski definition) is 1. The highest BCUT2D eigenvalue weighted by Crippen LogP contribution is 2.22. The Kier molecular flexibility index (Phi) is 3.86. The van der Waals surface area contributed by atoms with Gasteiger partial charge in [0.25, 0.3) is 0 Å². The van der Waals surface area contributed by atoms with Gasteiger partial charge in [-0.25, -0.2) is 4.68 Å². The van der Waals surface area contributed by atoms with Crippen LogP contribution in [0, 0.1) is 0 Å². The van der Waals surface area contributed by atoms with E-state index in [1.165, 1.54) is 5.56 Å². The van der Waals surface area contributed by atoms with Crippen LogP contribution in [0.1, 0.15) is 23.7 Å². The number of pyridine rings is 1. The molecule has 2 aromatic heterocycles. The fraction of sp³-hybridized carbons (Fsp3) is 0.364. The minimum Gasteiger partial charge on any atom is -0.323 e. The average molecular weight is 296 g/mol. The molecule has 0 saturated heterocycles. The Morgan fingerprint density at radius 2 is 2.12 bits per heavy atom. The van der Waals surface area contributed by atoms with Crippen LogP contribution in [-0.2, 0) is 13.5 Å². The number of aryl methyl sites for hydroxylation is 2. The summed E-state index contributed by atoms with van der Waals surface area (Å²) in [6.07, 6.45) is 5.36. The van der Waals surface area contributed by atoms with Crippen molar-refractivity contribution in [1.29, 1.82) is 0 Å². The molecule has 0 fully saturated rings. The predicted octanol–water partition coefficient (Wildman–Crippen LogP) is 1.61. The molecule has 2 N–H and O–H groups in total. The SMILES string of the molecule is Cn1nnc(Br)c1C(N)CCc1ccncc1. The molecule has 0 aromatic carbocycles. The molecule has 0 saturated carbocycles. The van der Waals surface area contributed by atoms with E-state index < -0.39 is 0 Å². The van der Waals surface area contributed by atoms with Crippen molar-refractivity contribution in [2.24, 2.45) is 12.8 Å². The van der Waals surface area contributed by atoms with E-state index in [2.05, 4.69) is 31.2 Å². The lowest BCUT2D eigenvalue weighted by atomic mass is 10.1. The molecule has 1 unspecified atom stereocenters. The Morgan fingerprint density at radius 3 is 2.71 bits per heavy atom. The van der Waals surface area contributed by atoms with Crippen LogP contribution in [0.2, 0.25) is 0 Å². The third-order valence-electron chi connectivity index (χ3n) is 2.67. The van der Waals surface area contributed by atoms with Crippen LogP contribution in [0.3, 0.4) is 0 Å². The van der Waals surface area contributed by atoms with Crippen LogP contribution in [0.25, 0.3) is 0 Å². The number of aromatic nitrogens is 4. The van der Waals surface area contributed by atoms with Gasteiger partial charge in [0, 0.05) is 25.5 Å². The second-order valence-electron chi connectivity index (χ2n) is 3.89. The van der Waals surface area contributed by atoms with E-state index in [0.29, 0.717) is 0 Å². The Bertz CT molecular complexity index is 462. The summed E-state index contributed by atoms with van der Waals surface area (Å²) in [5.41, 5.74) is 8.31. The van der Waals surface area contributed by atoms with E-state index >= 15 is 0 Å². The van der Waals surface area contributed by atoms with Crippen molar-refractivity contribution in [3.63, 3.8) is 0 Å². The van der Waals surface area contributed by atoms with E-state index in [-0.39, 0.29) is 6.04 Å². The van der Waals surface area contributed by atoms with Gasteiger partial charge in [0.2, 0.25) is 0 Å². The zero-order valence-electron chi connectivity index (χ0n) is 9.55. The first-order chi connectivity index (χ1) is 8.18. The van der Waals surface area contributed by atoms with E-state index in [1.807, 2.05) is 19.2 Å². The van der Waals surface area contributed by atoms with Crippen LogP contribution in [0.5, 0.6) is 0 Å². The van der Waals surface area contributed by atoms with Gasteiger partial charge < -0.3 is 5.73 Å². The highest BCUT2D eigenvalue weighted by Gasteiger charge is 2.15. The van der Waals surface area contributed by atoms with Gasteiger partial charge in [-0.05, 0) is 46.5 Å². The smallest absolute Gasteiger partial charge is 0.153 e. The molecule has 2 rings (SSSR count). The molecule has 0 bridgehead atoms. The molecule has 1 atom stereocenters. The summed E-state index contributed by atoms with van der Waals surface area (Å²) in [5, 5.41) is 7.85. The normalized spacial score (nSPS) is 12.6. The van der Waals surface area contributed by atoms with E-state index in [1.54, 1.807) is 17.1 Å². The predicted molar refractivity (Wildman–Crippen MR) is 68.2 cm³/mol. The van der Waals surface area contributed by atoms with Crippen molar-refractivity contribution in [3.8, 4) is 0 Å². The lowest BCUT2D eigenvalue weighted by molar-refractivity contribution is 0.575. The maximum absolute atomic E-state index is 6.14. The van der Waals surface area contributed by atoms with E-state index in [9.17, 15) is 0 Å². The minimum atomic E-state index is -0.0717. The second kappa shape index (κ2) is 5.37. The molecule has 17 heavy (non-hydrogen) atoms. The summed E-state index contributed by atoms with van der Waals surface area (Å²) in [6.45, 7) is 0. The van der Waals surface area contributed by atoms with Crippen LogP contribution in [0.4, 0.5) is 0 Å². The maximum Gasteiger partial charge on any atom is 0.153 e. The zero-order valence-corrected chi connectivity index (χ0v) is 11.1. The molecule has 6 heteroatoms. The second-order valence-corrected chi connectivity index (χ2v) is 4.64. The Morgan fingerprint density at radius 1 is 1.41 bits per heavy atom. The van der Waals surface area contributed by atoms with Gasteiger partial charge in [0.1, 0.15) is 0 Å².